The van der Waals surface area contributed by atoms with E-state index in [4.69, 9.17) is 4.42 Å². The minimum atomic E-state index is -0.00233. The van der Waals surface area contributed by atoms with Gasteiger partial charge in [0, 0.05) is 18.8 Å². The van der Waals surface area contributed by atoms with Crippen molar-refractivity contribution in [1.82, 2.24) is 15.3 Å². The number of oxazole rings is 1. The summed E-state index contributed by atoms with van der Waals surface area (Å²) in [6.07, 6.45) is 6.19. The molecule has 1 N–H and O–H groups in total. The number of aryl methyl sites for hydroxylation is 1. The first kappa shape index (κ1) is 14.5. The van der Waals surface area contributed by atoms with Crippen LogP contribution in [0.3, 0.4) is 0 Å². The average Bonchev–Trinajstić information content (AvgIpc) is 3.22. The number of aromatic nitrogens is 2. The van der Waals surface area contributed by atoms with Crippen LogP contribution in [0.15, 0.2) is 52.7 Å². The Morgan fingerprint density at radius 3 is 2.91 bits per heavy atom. The van der Waals surface area contributed by atoms with Crippen LogP contribution < -0.4 is 5.32 Å². The fraction of sp³-hybridized carbons (Fsp3) is 0.188. The largest absolute Gasteiger partial charge is 0.443 e. The van der Waals surface area contributed by atoms with Gasteiger partial charge >= 0.3 is 0 Å². The number of carbonyl (C=O) groups excluding carboxylic acids is 1. The number of hydrogen-bond acceptors (Lipinski definition) is 5. The predicted molar refractivity (Wildman–Crippen MR) is 84.2 cm³/mol. The van der Waals surface area contributed by atoms with Gasteiger partial charge in [-0.15, -0.1) is 11.3 Å². The number of carbonyl (C=O) groups is 1. The highest BCUT2D eigenvalue weighted by Crippen LogP contribution is 2.23. The molecule has 0 aliphatic carbocycles. The van der Waals surface area contributed by atoms with Gasteiger partial charge in [-0.05, 0) is 35.6 Å². The lowest BCUT2D eigenvalue weighted by molar-refractivity contribution is -0.121. The van der Waals surface area contributed by atoms with Gasteiger partial charge < -0.3 is 9.73 Å². The lowest BCUT2D eigenvalue weighted by Gasteiger charge is -2.03. The molecule has 3 rings (SSSR count). The van der Waals surface area contributed by atoms with E-state index < -0.39 is 0 Å². The highest BCUT2D eigenvalue weighted by atomic mass is 32.1. The Morgan fingerprint density at radius 1 is 1.27 bits per heavy atom. The van der Waals surface area contributed by atoms with E-state index in [1.54, 1.807) is 30.0 Å². The topological polar surface area (TPSA) is 68.0 Å². The van der Waals surface area contributed by atoms with Gasteiger partial charge in [0.1, 0.15) is 6.26 Å². The van der Waals surface area contributed by atoms with Crippen LogP contribution in [0.4, 0.5) is 0 Å². The molecule has 0 saturated carbocycles. The van der Waals surface area contributed by atoms with E-state index in [2.05, 4.69) is 15.3 Å². The fourth-order valence-electron chi connectivity index (χ4n) is 1.99. The van der Waals surface area contributed by atoms with Gasteiger partial charge in [0.05, 0.1) is 17.1 Å². The Kier molecular flexibility index (Phi) is 4.60. The Morgan fingerprint density at radius 2 is 2.14 bits per heavy atom. The van der Waals surface area contributed by atoms with Crippen LogP contribution in [-0.4, -0.2) is 15.9 Å². The molecule has 0 aromatic carbocycles. The van der Waals surface area contributed by atoms with E-state index in [0.717, 1.165) is 16.1 Å². The third kappa shape index (κ3) is 3.79. The van der Waals surface area contributed by atoms with Crippen LogP contribution in [0.2, 0.25) is 0 Å². The molecule has 5 nitrogen and oxygen atoms in total. The zero-order valence-electron chi connectivity index (χ0n) is 11.9. The molecule has 0 spiro atoms. The SMILES string of the molecule is O=C(CCc1ccncc1)NCc1coc(-c2cccs2)n1. The smallest absolute Gasteiger partial charge is 0.236 e. The summed E-state index contributed by atoms with van der Waals surface area (Å²) in [6.45, 7) is 0.379. The summed E-state index contributed by atoms with van der Waals surface area (Å²) in [6, 6.07) is 7.73. The van der Waals surface area contributed by atoms with Crippen molar-refractivity contribution >= 4 is 17.2 Å². The van der Waals surface area contributed by atoms with E-state index in [0.29, 0.717) is 25.3 Å². The monoisotopic (exact) mass is 313 g/mol. The van der Waals surface area contributed by atoms with Gasteiger partial charge in [-0.2, -0.15) is 0 Å². The second-order valence-electron chi connectivity index (χ2n) is 4.75. The minimum Gasteiger partial charge on any atom is -0.443 e. The summed E-state index contributed by atoms with van der Waals surface area (Å²) < 4.78 is 5.41. The van der Waals surface area contributed by atoms with Gasteiger partial charge in [0.2, 0.25) is 11.8 Å². The van der Waals surface area contributed by atoms with Crippen molar-refractivity contribution in [1.29, 1.82) is 0 Å². The fourth-order valence-corrected chi connectivity index (χ4v) is 2.64. The standard InChI is InChI=1S/C16H15N3O2S/c20-15(4-3-12-5-7-17-8-6-12)18-10-13-11-21-16(19-13)14-2-1-9-22-14/h1-2,5-9,11H,3-4,10H2,(H,18,20). The predicted octanol–water partition coefficient (Wildman–Crippen LogP) is 3.05. The molecule has 3 heterocycles. The lowest BCUT2D eigenvalue weighted by atomic mass is 10.1. The molecule has 0 radical (unpaired) electrons. The maximum Gasteiger partial charge on any atom is 0.236 e. The van der Waals surface area contributed by atoms with Crippen LogP contribution in [0, 0.1) is 0 Å². The Bertz CT molecular complexity index is 723. The average molecular weight is 313 g/mol. The number of pyridine rings is 1. The lowest BCUT2D eigenvalue weighted by Crippen LogP contribution is -2.23. The molecule has 0 bridgehead atoms. The van der Waals surface area contributed by atoms with Crippen molar-refractivity contribution < 1.29 is 9.21 Å². The highest BCUT2D eigenvalue weighted by Gasteiger charge is 2.08. The molecule has 0 fully saturated rings. The van der Waals surface area contributed by atoms with Crippen molar-refractivity contribution in [2.24, 2.45) is 0 Å². The van der Waals surface area contributed by atoms with Crippen molar-refractivity contribution in [2.45, 2.75) is 19.4 Å². The number of nitrogens with one attached hydrogen (secondary N) is 1. The molecule has 1 amide bonds. The molecule has 0 saturated heterocycles. The van der Waals surface area contributed by atoms with Gasteiger partial charge in [-0.25, -0.2) is 4.98 Å². The zero-order chi connectivity index (χ0) is 15.2. The number of rotatable bonds is 6. The van der Waals surface area contributed by atoms with E-state index >= 15 is 0 Å². The molecule has 3 aromatic heterocycles. The van der Waals surface area contributed by atoms with Gasteiger partial charge in [-0.3, -0.25) is 9.78 Å². The summed E-state index contributed by atoms with van der Waals surface area (Å²) in [5.41, 5.74) is 1.83. The second-order valence-corrected chi connectivity index (χ2v) is 5.70. The third-order valence-electron chi connectivity index (χ3n) is 3.14. The molecule has 0 aliphatic heterocycles. The Balaban J connectivity index is 1.47. The first-order chi connectivity index (χ1) is 10.8. The summed E-state index contributed by atoms with van der Waals surface area (Å²) in [4.78, 5) is 21.1. The van der Waals surface area contributed by atoms with E-state index in [9.17, 15) is 4.79 Å². The second kappa shape index (κ2) is 7.00. The minimum absolute atomic E-state index is 0.00233. The third-order valence-corrected chi connectivity index (χ3v) is 4.00. The first-order valence-corrected chi connectivity index (χ1v) is 7.83. The van der Waals surface area contributed by atoms with E-state index in [1.165, 1.54) is 0 Å². The molecule has 22 heavy (non-hydrogen) atoms. The van der Waals surface area contributed by atoms with Crippen LogP contribution in [0.5, 0.6) is 0 Å². The summed E-state index contributed by atoms with van der Waals surface area (Å²) in [7, 11) is 0. The van der Waals surface area contributed by atoms with Gasteiger partial charge in [0.25, 0.3) is 0 Å². The summed E-state index contributed by atoms with van der Waals surface area (Å²) >= 11 is 1.57. The number of thiophene rings is 1. The quantitative estimate of drug-likeness (QED) is 0.759. The molecule has 0 aliphatic rings. The number of hydrogen-bond donors (Lipinski definition) is 1. The molecule has 0 atom stereocenters. The summed E-state index contributed by atoms with van der Waals surface area (Å²) in [5.74, 6) is 0.591. The maximum atomic E-state index is 11.8. The van der Waals surface area contributed by atoms with Crippen molar-refractivity contribution in [3.05, 3.63) is 59.6 Å². The normalized spacial score (nSPS) is 10.5. The Labute approximate surface area is 132 Å². The van der Waals surface area contributed by atoms with Crippen molar-refractivity contribution in [2.75, 3.05) is 0 Å². The van der Waals surface area contributed by atoms with Crippen LogP contribution in [0.1, 0.15) is 17.7 Å². The van der Waals surface area contributed by atoms with Crippen LogP contribution in [-0.2, 0) is 17.8 Å². The molecule has 3 aromatic rings. The van der Waals surface area contributed by atoms with Gasteiger partial charge in [0.15, 0.2) is 0 Å². The zero-order valence-corrected chi connectivity index (χ0v) is 12.7. The molecular weight excluding hydrogens is 298 g/mol. The maximum absolute atomic E-state index is 11.8. The number of nitrogens with zero attached hydrogens (tertiary/aromatic N) is 2. The molecule has 112 valence electrons. The summed E-state index contributed by atoms with van der Waals surface area (Å²) in [5, 5.41) is 4.83. The first-order valence-electron chi connectivity index (χ1n) is 6.95. The molecule has 6 heteroatoms. The molecule has 0 unspecified atom stereocenters. The van der Waals surface area contributed by atoms with E-state index in [-0.39, 0.29) is 5.91 Å². The van der Waals surface area contributed by atoms with Crippen LogP contribution in [0.25, 0.3) is 10.8 Å². The van der Waals surface area contributed by atoms with E-state index in [1.807, 2.05) is 29.6 Å². The Hall–Kier alpha value is -2.47. The molecular formula is C16H15N3O2S. The van der Waals surface area contributed by atoms with Crippen LogP contribution >= 0.6 is 11.3 Å². The highest BCUT2D eigenvalue weighted by molar-refractivity contribution is 7.13. The van der Waals surface area contributed by atoms with Gasteiger partial charge in [-0.1, -0.05) is 6.07 Å². The van der Waals surface area contributed by atoms with Crippen molar-refractivity contribution in [3.63, 3.8) is 0 Å². The number of amides is 1. The van der Waals surface area contributed by atoms with Crippen molar-refractivity contribution in [3.8, 4) is 10.8 Å².